The Kier molecular flexibility index (Phi) is 3.04. The van der Waals surface area contributed by atoms with Crippen LogP contribution in [0.4, 0.5) is 0 Å². The van der Waals surface area contributed by atoms with Crippen molar-refractivity contribution in [3.63, 3.8) is 0 Å². The van der Waals surface area contributed by atoms with Gasteiger partial charge in [0.25, 0.3) is 0 Å². The smallest absolute Gasteiger partial charge is 0.124 e. The average molecular weight is 276 g/mol. The predicted molar refractivity (Wildman–Crippen MR) is 57.9 cm³/mol. The van der Waals surface area contributed by atoms with E-state index in [1.807, 2.05) is 6.20 Å². The van der Waals surface area contributed by atoms with Crippen LogP contribution in [0.5, 0.6) is 0 Å². The van der Waals surface area contributed by atoms with Gasteiger partial charge in [0.2, 0.25) is 0 Å². The molecule has 0 amide bonds. The van der Waals surface area contributed by atoms with E-state index in [1.165, 1.54) is 5.56 Å². The van der Waals surface area contributed by atoms with E-state index in [4.69, 9.17) is 0 Å². The van der Waals surface area contributed by atoms with Gasteiger partial charge in [0.1, 0.15) is 3.70 Å². The van der Waals surface area contributed by atoms with Crippen LogP contribution < -0.4 is 0 Å². The summed E-state index contributed by atoms with van der Waals surface area (Å²) >= 11 is 2.18. The fourth-order valence-corrected chi connectivity index (χ4v) is 1.61. The van der Waals surface area contributed by atoms with Gasteiger partial charge in [-0.3, -0.25) is 0 Å². The summed E-state index contributed by atoms with van der Waals surface area (Å²) < 4.78 is 0.967. The third-order valence-corrected chi connectivity index (χ3v) is 1.94. The van der Waals surface area contributed by atoms with Gasteiger partial charge in [-0.05, 0) is 46.1 Å². The van der Waals surface area contributed by atoms with Gasteiger partial charge in [0.05, 0.1) is 6.20 Å². The molecule has 0 aliphatic rings. The molecule has 0 fully saturated rings. The molecule has 12 heavy (non-hydrogen) atoms. The van der Waals surface area contributed by atoms with Gasteiger partial charge in [-0.2, -0.15) is 5.10 Å². The first-order chi connectivity index (χ1) is 5.47. The van der Waals surface area contributed by atoms with E-state index < -0.39 is 0 Å². The monoisotopic (exact) mass is 276 g/mol. The third-order valence-electron chi connectivity index (χ3n) is 1.42. The SMILES string of the molecule is CC(C)(C)Cc1cnnc(I)c1. The van der Waals surface area contributed by atoms with Crippen LogP contribution in [0.1, 0.15) is 26.3 Å². The summed E-state index contributed by atoms with van der Waals surface area (Å²) in [6.45, 7) is 6.67. The molecule has 0 bridgehead atoms. The van der Waals surface area contributed by atoms with Crippen LogP contribution >= 0.6 is 22.6 Å². The van der Waals surface area contributed by atoms with Crippen molar-refractivity contribution in [3.8, 4) is 0 Å². The molecule has 0 saturated carbocycles. The summed E-state index contributed by atoms with van der Waals surface area (Å²) in [5.74, 6) is 0. The molecule has 1 rings (SSSR count). The van der Waals surface area contributed by atoms with Crippen molar-refractivity contribution < 1.29 is 0 Å². The molecule has 0 N–H and O–H groups in total. The molecule has 0 atom stereocenters. The van der Waals surface area contributed by atoms with Gasteiger partial charge in [-0.15, -0.1) is 5.10 Å². The van der Waals surface area contributed by atoms with Crippen molar-refractivity contribution in [1.29, 1.82) is 0 Å². The maximum absolute atomic E-state index is 3.91. The molecule has 0 aliphatic carbocycles. The van der Waals surface area contributed by atoms with Crippen LogP contribution in [0.25, 0.3) is 0 Å². The minimum absolute atomic E-state index is 0.326. The Morgan fingerprint density at radius 3 is 2.58 bits per heavy atom. The molecule has 0 aromatic carbocycles. The van der Waals surface area contributed by atoms with Crippen molar-refractivity contribution >= 4 is 22.6 Å². The fraction of sp³-hybridized carbons (Fsp3) is 0.556. The summed E-state index contributed by atoms with van der Waals surface area (Å²) in [4.78, 5) is 0. The lowest BCUT2D eigenvalue weighted by atomic mass is 9.89. The second-order valence-electron chi connectivity index (χ2n) is 4.12. The first-order valence-corrected chi connectivity index (χ1v) is 5.02. The summed E-state index contributed by atoms with van der Waals surface area (Å²) in [6, 6.07) is 2.08. The van der Waals surface area contributed by atoms with Crippen LogP contribution in [-0.2, 0) is 6.42 Å². The van der Waals surface area contributed by atoms with E-state index in [2.05, 4.69) is 59.6 Å². The summed E-state index contributed by atoms with van der Waals surface area (Å²) in [6.07, 6.45) is 2.89. The average Bonchev–Trinajstić information content (AvgIpc) is 1.82. The maximum Gasteiger partial charge on any atom is 0.124 e. The van der Waals surface area contributed by atoms with Gasteiger partial charge in [-0.1, -0.05) is 20.8 Å². The van der Waals surface area contributed by atoms with E-state index in [1.54, 1.807) is 0 Å². The Morgan fingerprint density at radius 1 is 1.42 bits per heavy atom. The van der Waals surface area contributed by atoms with Gasteiger partial charge in [0, 0.05) is 0 Å². The normalized spacial score (nSPS) is 11.7. The Hall–Kier alpha value is -0.190. The number of halogens is 1. The lowest BCUT2D eigenvalue weighted by molar-refractivity contribution is 0.410. The zero-order chi connectivity index (χ0) is 9.19. The van der Waals surface area contributed by atoms with E-state index in [0.717, 1.165) is 10.1 Å². The molecule has 1 aromatic rings. The zero-order valence-electron chi connectivity index (χ0n) is 7.63. The van der Waals surface area contributed by atoms with Crippen LogP contribution in [0.2, 0.25) is 0 Å². The largest absolute Gasteiger partial charge is 0.158 e. The summed E-state index contributed by atoms with van der Waals surface area (Å²) in [5.41, 5.74) is 1.59. The molecule has 0 unspecified atom stereocenters. The van der Waals surface area contributed by atoms with Crippen molar-refractivity contribution in [2.75, 3.05) is 0 Å². The highest BCUT2D eigenvalue weighted by Crippen LogP contribution is 2.20. The van der Waals surface area contributed by atoms with Gasteiger partial charge >= 0.3 is 0 Å². The number of aromatic nitrogens is 2. The highest BCUT2D eigenvalue weighted by Gasteiger charge is 2.11. The van der Waals surface area contributed by atoms with Crippen molar-refractivity contribution in [1.82, 2.24) is 10.2 Å². The summed E-state index contributed by atoms with van der Waals surface area (Å²) in [5, 5.41) is 7.82. The van der Waals surface area contributed by atoms with Gasteiger partial charge < -0.3 is 0 Å². The quantitative estimate of drug-likeness (QED) is 0.737. The molecule has 66 valence electrons. The third kappa shape index (κ3) is 3.47. The fourth-order valence-electron chi connectivity index (χ4n) is 1.09. The molecule has 2 nitrogen and oxygen atoms in total. The second-order valence-corrected chi connectivity index (χ2v) is 5.23. The Balaban J connectivity index is 2.77. The highest BCUT2D eigenvalue weighted by molar-refractivity contribution is 14.1. The van der Waals surface area contributed by atoms with E-state index in [9.17, 15) is 0 Å². The van der Waals surface area contributed by atoms with Crippen LogP contribution in [-0.4, -0.2) is 10.2 Å². The van der Waals surface area contributed by atoms with Crippen LogP contribution in [0, 0.1) is 9.12 Å². The molecule has 0 aliphatic heterocycles. The van der Waals surface area contributed by atoms with Gasteiger partial charge in [0.15, 0.2) is 0 Å². The number of nitrogens with zero attached hydrogens (tertiary/aromatic N) is 2. The Labute approximate surface area is 86.9 Å². The molecule has 3 heteroatoms. The number of rotatable bonds is 1. The molecular formula is C9H13IN2. The summed E-state index contributed by atoms with van der Waals surface area (Å²) in [7, 11) is 0. The molecule has 1 heterocycles. The zero-order valence-corrected chi connectivity index (χ0v) is 9.79. The molecular weight excluding hydrogens is 263 g/mol. The Bertz CT molecular complexity index is 265. The number of hydrogen-bond acceptors (Lipinski definition) is 2. The lowest BCUT2D eigenvalue weighted by Crippen LogP contribution is -2.09. The standard InChI is InChI=1S/C9H13IN2/c1-9(2,3)5-7-4-8(10)12-11-6-7/h4,6H,5H2,1-3H3. The van der Waals surface area contributed by atoms with Crippen LogP contribution in [0.15, 0.2) is 12.3 Å². The molecule has 0 saturated heterocycles. The first kappa shape index (κ1) is 9.89. The highest BCUT2D eigenvalue weighted by atomic mass is 127. The topological polar surface area (TPSA) is 25.8 Å². The maximum atomic E-state index is 3.91. The molecule has 0 spiro atoms. The van der Waals surface area contributed by atoms with Crippen molar-refractivity contribution in [2.45, 2.75) is 27.2 Å². The molecule has 0 radical (unpaired) electrons. The van der Waals surface area contributed by atoms with E-state index in [0.29, 0.717) is 5.41 Å². The van der Waals surface area contributed by atoms with E-state index in [-0.39, 0.29) is 0 Å². The van der Waals surface area contributed by atoms with Crippen molar-refractivity contribution in [3.05, 3.63) is 21.5 Å². The van der Waals surface area contributed by atoms with Crippen LogP contribution in [0.3, 0.4) is 0 Å². The second kappa shape index (κ2) is 3.68. The van der Waals surface area contributed by atoms with Gasteiger partial charge in [-0.25, -0.2) is 0 Å². The first-order valence-electron chi connectivity index (χ1n) is 3.94. The van der Waals surface area contributed by atoms with E-state index >= 15 is 0 Å². The minimum Gasteiger partial charge on any atom is -0.158 e. The number of hydrogen-bond donors (Lipinski definition) is 0. The minimum atomic E-state index is 0.326. The van der Waals surface area contributed by atoms with Crippen molar-refractivity contribution in [2.24, 2.45) is 5.41 Å². The molecule has 1 aromatic heterocycles. The Morgan fingerprint density at radius 2 is 2.08 bits per heavy atom. The predicted octanol–water partition coefficient (Wildman–Crippen LogP) is 2.67. The lowest BCUT2D eigenvalue weighted by Gasteiger charge is -2.17.